The van der Waals surface area contributed by atoms with E-state index in [2.05, 4.69) is 25.2 Å². The van der Waals surface area contributed by atoms with Gasteiger partial charge in [0.1, 0.15) is 6.04 Å². The van der Waals surface area contributed by atoms with Crippen LogP contribution < -0.4 is 5.32 Å². The molecule has 9 nitrogen and oxygen atoms in total. The van der Waals surface area contributed by atoms with Crippen LogP contribution in [0.2, 0.25) is 0 Å². The number of allylic oxidation sites excluding steroid dienone is 1. The summed E-state index contributed by atoms with van der Waals surface area (Å²) < 4.78 is 19.6. The number of nitrogens with zero attached hydrogens (tertiary/aromatic N) is 1. The van der Waals surface area contributed by atoms with Gasteiger partial charge in [-0.2, -0.15) is 0 Å². The Kier molecular flexibility index (Phi) is 8.39. The number of hydrogen-bond acceptors (Lipinski definition) is 7. The molecule has 13 unspecified atom stereocenters. The number of nitrogens with one attached hydrogen (secondary N) is 1. The van der Waals surface area contributed by atoms with Crippen molar-refractivity contribution in [2.45, 2.75) is 141 Å². The molecule has 9 heteroatoms. The lowest BCUT2D eigenvalue weighted by atomic mass is 9.49. The maximum atomic E-state index is 12.8. The molecular weight excluding hydrogens is 596 g/mol. The second kappa shape index (κ2) is 12.1. The fraction of sp³-hybridized carbons (Fsp3) is 0.895. The molecule has 0 bridgehead atoms. The number of carboxylic acids is 1. The number of morpholine rings is 1. The Morgan fingerprint density at radius 1 is 1.06 bits per heavy atom. The summed E-state index contributed by atoms with van der Waals surface area (Å²) in [5, 5.41) is 22.5. The zero-order valence-corrected chi connectivity index (χ0v) is 28.8. The van der Waals surface area contributed by atoms with Crippen LogP contribution in [0.1, 0.15) is 104 Å². The lowest BCUT2D eigenvalue weighted by Gasteiger charge is -2.56. The van der Waals surface area contributed by atoms with E-state index in [0.717, 1.165) is 31.6 Å². The maximum absolute atomic E-state index is 12.8. The Bertz CT molecular complexity index is 1270. The first-order valence-electron chi connectivity index (χ1n) is 19.1. The number of rotatable bonds is 9. The Balaban J connectivity index is 0.918. The van der Waals surface area contributed by atoms with E-state index in [9.17, 15) is 19.8 Å². The van der Waals surface area contributed by atoms with Crippen molar-refractivity contribution >= 4 is 11.9 Å². The number of aliphatic hydroxyl groups excluding tert-OH is 1. The molecule has 6 saturated carbocycles. The number of fused-ring (bicyclic) bond motifs is 4. The topological polar surface area (TPSA) is 118 Å². The van der Waals surface area contributed by atoms with Gasteiger partial charge in [0.05, 0.1) is 37.6 Å². The maximum Gasteiger partial charge on any atom is 0.323 e. The third-order valence-corrected chi connectivity index (χ3v) is 15.2. The van der Waals surface area contributed by atoms with Crippen LogP contribution in [0.25, 0.3) is 0 Å². The van der Waals surface area contributed by atoms with Crippen LogP contribution in [0.4, 0.5) is 0 Å². The SMILES string of the molecule is C/C=C1\C(OC2CN(C(=O)CC3CC3)CCO2)CCC23CC24CCC2(C)C5CCC(CNC(C(=O)O)C(C)O)OC5CC2C4CCC13. The number of ether oxygens (including phenoxy) is 3. The summed E-state index contributed by atoms with van der Waals surface area (Å²) in [5.41, 5.74) is 2.68. The molecule has 0 aromatic heterocycles. The quantitative estimate of drug-likeness (QED) is 0.301. The van der Waals surface area contributed by atoms with Crippen LogP contribution in [0.3, 0.4) is 0 Å². The smallest absolute Gasteiger partial charge is 0.323 e. The summed E-state index contributed by atoms with van der Waals surface area (Å²) in [6, 6.07) is -0.963. The highest BCUT2D eigenvalue weighted by Gasteiger charge is 2.79. The molecule has 47 heavy (non-hydrogen) atoms. The highest BCUT2D eigenvalue weighted by Crippen LogP contribution is 2.86. The highest BCUT2D eigenvalue weighted by atomic mass is 16.7. The number of carbonyl (C=O) groups excluding carboxylic acids is 1. The Morgan fingerprint density at radius 3 is 2.62 bits per heavy atom. The van der Waals surface area contributed by atoms with Gasteiger partial charge in [-0.25, -0.2) is 0 Å². The largest absolute Gasteiger partial charge is 0.480 e. The number of hydrogen-bond donors (Lipinski definition) is 3. The van der Waals surface area contributed by atoms with Crippen molar-refractivity contribution in [1.29, 1.82) is 0 Å². The van der Waals surface area contributed by atoms with Crippen molar-refractivity contribution in [3.05, 3.63) is 11.6 Å². The molecule has 3 N–H and O–H groups in total. The van der Waals surface area contributed by atoms with Crippen LogP contribution in [-0.2, 0) is 23.8 Å². The molecule has 8 fully saturated rings. The van der Waals surface area contributed by atoms with E-state index in [1.54, 1.807) is 0 Å². The molecule has 0 aromatic rings. The summed E-state index contributed by atoms with van der Waals surface area (Å²) in [4.78, 5) is 26.4. The second-order valence-electron chi connectivity index (χ2n) is 17.3. The van der Waals surface area contributed by atoms with Gasteiger partial charge in [-0.3, -0.25) is 14.9 Å². The minimum absolute atomic E-state index is 0.00151. The number of aliphatic carboxylic acids is 1. The molecule has 8 aliphatic rings. The predicted molar refractivity (Wildman–Crippen MR) is 175 cm³/mol. The molecule has 2 spiro atoms. The number of carbonyl (C=O) groups is 2. The average Bonchev–Trinajstić information content (AvgIpc) is 3.96. The van der Waals surface area contributed by atoms with Crippen LogP contribution in [0.5, 0.6) is 0 Å². The van der Waals surface area contributed by atoms with E-state index >= 15 is 0 Å². The van der Waals surface area contributed by atoms with Gasteiger partial charge in [-0.15, -0.1) is 0 Å². The van der Waals surface area contributed by atoms with Crippen molar-refractivity contribution in [3.63, 3.8) is 0 Å². The Morgan fingerprint density at radius 2 is 1.87 bits per heavy atom. The van der Waals surface area contributed by atoms with Crippen molar-refractivity contribution < 1.29 is 34.0 Å². The van der Waals surface area contributed by atoms with Gasteiger partial charge in [0.15, 0.2) is 6.29 Å². The second-order valence-corrected chi connectivity index (χ2v) is 17.3. The van der Waals surface area contributed by atoms with Gasteiger partial charge >= 0.3 is 5.97 Å². The van der Waals surface area contributed by atoms with Crippen molar-refractivity contribution in [3.8, 4) is 0 Å². The van der Waals surface area contributed by atoms with Gasteiger partial charge in [-0.1, -0.05) is 13.0 Å². The summed E-state index contributed by atoms with van der Waals surface area (Å²) in [6.07, 6.45) is 16.6. The first-order valence-corrected chi connectivity index (χ1v) is 19.1. The zero-order chi connectivity index (χ0) is 32.7. The minimum Gasteiger partial charge on any atom is -0.480 e. The zero-order valence-electron chi connectivity index (χ0n) is 28.8. The lowest BCUT2D eigenvalue weighted by Crippen LogP contribution is -2.52. The van der Waals surface area contributed by atoms with Gasteiger partial charge in [0, 0.05) is 19.5 Å². The molecular formula is C38H58N2O7. The van der Waals surface area contributed by atoms with Crippen LogP contribution >= 0.6 is 0 Å². The predicted octanol–water partition coefficient (Wildman–Crippen LogP) is 4.91. The van der Waals surface area contributed by atoms with E-state index in [0.29, 0.717) is 72.6 Å². The molecule has 8 rings (SSSR count). The lowest BCUT2D eigenvalue weighted by molar-refractivity contribution is -0.205. The molecule has 2 aliphatic heterocycles. The molecule has 13 atom stereocenters. The van der Waals surface area contributed by atoms with E-state index < -0.39 is 18.1 Å². The first kappa shape index (κ1) is 32.7. The fourth-order valence-corrected chi connectivity index (χ4v) is 12.7. The number of amides is 1. The molecule has 1 amide bonds. The molecule has 2 heterocycles. The first-order chi connectivity index (χ1) is 22.6. The van der Waals surface area contributed by atoms with Gasteiger partial charge in [-0.05, 0) is 142 Å². The van der Waals surface area contributed by atoms with E-state index in [4.69, 9.17) is 14.2 Å². The van der Waals surface area contributed by atoms with Crippen molar-refractivity contribution in [1.82, 2.24) is 10.2 Å². The van der Waals surface area contributed by atoms with Gasteiger partial charge in [0.25, 0.3) is 0 Å². The average molecular weight is 655 g/mol. The van der Waals surface area contributed by atoms with Crippen LogP contribution in [0.15, 0.2) is 11.6 Å². The molecule has 262 valence electrons. The molecule has 0 aromatic carbocycles. The normalized spacial score (nSPS) is 47.6. The number of carboxylic acid groups (broad SMARTS) is 1. The Hall–Kier alpha value is -1.52. The molecule has 2 saturated heterocycles. The summed E-state index contributed by atoms with van der Waals surface area (Å²) in [6.45, 7) is 8.59. The molecule has 6 aliphatic carbocycles. The van der Waals surface area contributed by atoms with Gasteiger partial charge in [0.2, 0.25) is 5.91 Å². The summed E-state index contributed by atoms with van der Waals surface area (Å²) >= 11 is 0. The molecule has 0 radical (unpaired) electrons. The third-order valence-electron chi connectivity index (χ3n) is 15.2. The standard InChI is InChI=1S/C38H58N2O7/c1-4-25-26-9-10-27-29-18-31-28(8-7-24(46-31)19-39-34(22(2)41)35(43)44)36(29,3)13-14-38(27)21-37(26,38)12-11-30(25)47-33-20-40(15-16-45-33)32(42)17-23-5-6-23/h4,22-24,26-31,33-34,39,41H,5-21H2,1-3H3,(H,43,44)/b25-4-. The minimum atomic E-state index is -1.02. The van der Waals surface area contributed by atoms with Crippen molar-refractivity contribution in [2.75, 3.05) is 26.2 Å². The van der Waals surface area contributed by atoms with E-state index in [1.165, 1.54) is 63.9 Å². The summed E-state index contributed by atoms with van der Waals surface area (Å²) in [5.74, 6) is 2.49. The van der Waals surface area contributed by atoms with Crippen LogP contribution in [-0.4, -0.2) is 90.0 Å². The van der Waals surface area contributed by atoms with E-state index in [1.807, 2.05) is 4.90 Å². The number of aliphatic hydroxyl groups is 1. The van der Waals surface area contributed by atoms with Crippen molar-refractivity contribution in [2.24, 2.45) is 45.8 Å². The van der Waals surface area contributed by atoms with E-state index in [-0.39, 0.29) is 30.5 Å². The summed E-state index contributed by atoms with van der Waals surface area (Å²) in [7, 11) is 0. The highest BCUT2D eigenvalue weighted by molar-refractivity contribution is 5.76. The Labute approximate surface area is 280 Å². The third kappa shape index (κ3) is 5.35. The van der Waals surface area contributed by atoms with Gasteiger partial charge < -0.3 is 29.3 Å². The monoisotopic (exact) mass is 654 g/mol. The van der Waals surface area contributed by atoms with Crippen LogP contribution in [0, 0.1) is 45.8 Å². The fourth-order valence-electron chi connectivity index (χ4n) is 12.7.